The zero-order chi connectivity index (χ0) is 20.8. The van der Waals surface area contributed by atoms with Gasteiger partial charge in [0.25, 0.3) is 0 Å². The number of rotatable bonds is 2. The average molecular weight is 404 g/mol. The third-order valence-corrected chi connectivity index (χ3v) is 5.02. The molecule has 0 unspecified atom stereocenters. The molecule has 2 heterocycles. The van der Waals surface area contributed by atoms with Crippen LogP contribution in [0.15, 0.2) is 57.7 Å². The fourth-order valence-electron chi connectivity index (χ4n) is 3.66. The third kappa shape index (κ3) is 3.24. The number of ether oxygens (including phenoxy) is 2. The lowest BCUT2D eigenvalue weighted by Crippen LogP contribution is -2.36. The topological polar surface area (TPSA) is 65.7 Å². The molecule has 1 aliphatic rings. The molecular weight excluding hydrogens is 389 g/mol. The van der Waals surface area contributed by atoms with Crippen LogP contribution in [0.4, 0.5) is 13.2 Å². The van der Waals surface area contributed by atoms with Gasteiger partial charge in [-0.1, -0.05) is 24.3 Å². The number of fused-ring (bicyclic) bond motifs is 3. The van der Waals surface area contributed by atoms with Gasteiger partial charge < -0.3 is 13.9 Å². The summed E-state index contributed by atoms with van der Waals surface area (Å²) >= 11 is 0. The average Bonchev–Trinajstić information content (AvgIpc) is 2.72. The maximum atomic E-state index is 12.9. The minimum Gasteiger partial charge on any atom is -0.491 e. The van der Waals surface area contributed by atoms with Gasteiger partial charge in [0, 0.05) is 5.92 Å². The van der Waals surface area contributed by atoms with Crippen LogP contribution in [0, 0.1) is 5.92 Å². The largest absolute Gasteiger partial charge is 0.491 e. The predicted octanol–water partition coefficient (Wildman–Crippen LogP) is 4.13. The number of alkyl halides is 3. The van der Waals surface area contributed by atoms with Crippen LogP contribution >= 0.6 is 0 Å². The van der Waals surface area contributed by atoms with Gasteiger partial charge in [-0.3, -0.25) is 4.79 Å². The van der Waals surface area contributed by atoms with E-state index in [1.807, 2.05) is 0 Å². The van der Waals surface area contributed by atoms with E-state index in [0.717, 1.165) is 12.1 Å². The highest BCUT2D eigenvalue weighted by Gasteiger charge is 2.41. The van der Waals surface area contributed by atoms with Gasteiger partial charge in [-0.25, -0.2) is 4.79 Å². The summed E-state index contributed by atoms with van der Waals surface area (Å²) in [5.41, 5.74) is -0.768. The molecule has 0 saturated heterocycles. The minimum absolute atomic E-state index is 0.0845. The van der Waals surface area contributed by atoms with Gasteiger partial charge in [0.15, 0.2) is 0 Å². The molecule has 0 bridgehead atoms. The van der Waals surface area contributed by atoms with Gasteiger partial charge in [0.2, 0.25) is 0 Å². The summed E-state index contributed by atoms with van der Waals surface area (Å²) in [5, 5.41) is 0.544. The summed E-state index contributed by atoms with van der Waals surface area (Å²) < 4.78 is 54.8. The van der Waals surface area contributed by atoms with Crippen LogP contribution in [0.2, 0.25) is 0 Å². The van der Waals surface area contributed by atoms with E-state index in [4.69, 9.17) is 13.9 Å². The quantitative estimate of drug-likeness (QED) is 0.475. The molecule has 2 atom stereocenters. The van der Waals surface area contributed by atoms with Gasteiger partial charge in [-0.05, 0) is 29.8 Å². The number of methoxy groups -OCH3 is 1. The van der Waals surface area contributed by atoms with Crippen LogP contribution in [-0.2, 0) is 15.7 Å². The van der Waals surface area contributed by atoms with Gasteiger partial charge in [0.05, 0.1) is 23.6 Å². The summed E-state index contributed by atoms with van der Waals surface area (Å²) in [6.07, 6.45) is -4.50. The lowest BCUT2D eigenvalue weighted by atomic mass is 9.79. The van der Waals surface area contributed by atoms with Crippen LogP contribution < -0.4 is 10.4 Å². The Labute approximate surface area is 162 Å². The maximum Gasteiger partial charge on any atom is 0.416 e. The molecule has 0 N–H and O–H groups in total. The Morgan fingerprint density at radius 2 is 1.79 bits per heavy atom. The van der Waals surface area contributed by atoms with E-state index in [9.17, 15) is 22.8 Å². The van der Waals surface area contributed by atoms with Crippen molar-refractivity contribution in [2.45, 2.75) is 12.1 Å². The molecule has 3 aromatic rings. The van der Waals surface area contributed by atoms with Crippen molar-refractivity contribution in [2.75, 3.05) is 13.7 Å². The van der Waals surface area contributed by atoms with E-state index < -0.39 is 35.2 Å². The molecule has 29 heavy (non-hydrogen) atoms. The molecule has 8 heteroatoms. The first-order valence-corrected chi connectivity index (χ1v) is 8.74. The molecular formula is C21H15F3O5. The number of hydrogen-bond acceptors (Lipinski definition) is 5. The molecule has 1 aromatic heterocycles. The summed E-state index contributed by atoms with van der Waals surface area (Å²) in [7, 11) is 1.20. The van der Waals surface area contributed by atoms with Crippen molar-refractivity contribution in [1.29, 1.82) is 0 Å². The molecule has 2 aromatic carbocycles. The van der Waals surface area contributed by atoms with Crippen molar-refractivity contribution < 1.29 is 31.9 Å². The Hall–Kier alpha value is -3.29. The van der Waals surface area contributed by atoms with Gasteiger partial charge in [-0.2, -0.15) is 13.2 Å². The lowest BCUT2D eigenvalue weighted by molar-refractivity contribution is -0.147. The molecule has 0 amide bonds. The highest BCUT2D eigenvalue weighted by atomic mass is 19.4. The molecule has 0 saturated carbocycles. The Bertz CT molecular complexity index is 1130. The van der Waals surface area contributed by atoms with E-state index in [-0.39, 0.29) is 17.9 Å². The van der Waals surface area contributed by atoms with E-state index in [1.54, 1.807) is 24.3 Å². The van der Waals surface area contributed by atoms with E-state index >= 15 is 0 Å². The first kappa shape index (κ1) is 19.0. The number of carbonyl (C=O) groups is 1. The second-order valence-electron chi connectivity index (χ2n) is 6.67. The minimum atomic E-state index is -4.50. The number of benzene rings is 2. The normalized spacial score (nSPS) is 18.8. The van der Waals surface area contributed by atoms with Crippen molar-refractivity contribution in [3.8, 4) is 5.75 Å². The SMILES string of the molecule is COC(=O)[C@@H]1COc2c(c(=O)oc3ccccc23)[C@@H]1c1ccc(C(F)(F)F)cc1. The highest BCUT2D eigenvalue weighted by Crippen LogP contribution is 2.43. The van der Waals surface area contributed by atoms with Crippen LogP contribution in [0.1, 0.15) is 22.6 Å². The first-order valence-electron chi connectivity index (χ1n) is 8.74. The first-order chi connectivity index (χ1) is 13.8. The van der Waals surface area contributed by atoms with Gasteiger partial charge >= 0.3 is 17.8 Å². The fourth-order valence-corrected chi connectivity index (χ4v) is 3.66. The monoisotopic (exact) mass is 404 g/mol. The molecule has 1 aliphatic heterocycles. The van der Waals surface area contributed by atoms with Crippen molar-refractivity contribution in [3.05, 3.63) is 75.6 Å². The fraction of sp³-hybridized carbons (Fsp3) is 0.238. The number of halogens is 3. The second kappa shape index (κ2) is 6.95. The van der Waals surface area contributed by atoms with Crippen molar-refractivity contribution in [2.24, 2.45) is 5.92 Å². The van der Waals surface area contributed by atoms with Crippen LogP contribution in [0.3, 0.4) is 0 Å². The smallest absolute Gasteiger partial charge is 0.416 e. The van der Waals surface area contributed by atoms with Gasteiger partial charge in [-0.15, -0.1) is 0 Å². The van der Waals surface area contributed by atoms with E-state index in [0.29, 0.717) is 16.5 Å². The number of para-hydroxylation sites is 1. The Kier molecular flexibility index (Phi) is 4.56. The number of hydrogen-bond donors (Lipinski definition) is 0. The van der Waals surface area contributed by atoms with Crippen LogP contribution in [0.25, 0.3) is 11.0 Å². The van der Waals surface area contributed by atoms with Crippen molar-refractivity contribution in [3.63, 3.8) is 0 Å². The molecule has 4 rings (SSSR count). The number of carbonyl (C=O) groups excluding carboxylic acids is 1. The summed E-state index contributed by atoms with van der Waals surface area (Å²) in [4.78, 5) is 25.1. The summed E-state index contributed by atoms with van der Waals surface area (Å²) in [6.45, 7) is -0.0845. The molecule has 5 nitrogen and oxygen atoms in total. The van der Waals surface area contributed by atoms with Crippen LogP contribution in [-0.4, -0.2) is 19.7 Å². The molecule has 0 aliphatic carbocycles. The number of esters is 1. The van der Waals surface area contributed by atoms with Crippen LogP contribution in [0.5, 0.6) is 5.75 Å². The van der Waals surface area contributed by atoms with E-state index in [1.165, 1.54) is 19.2 Å². The van der Waals surface area contributed by atoms with Gasteiger partial charge in [0.1, 0.15) is 23.9 Å². The second-order valence-corrected chi connectivity index (χ2v) is 6.67. The lowest BCUT2D eigenvalue weighted by Gasteiger charge is -2.31. The Morgan fingerprint density at radius 3 is 2.45 bits per heavy atom. The predicted molar refractivity (Wildman–Crippen MR) is 96.8 cm³/mol. The molecule has 0 fully saturated rings. The van der Waals surface area contributed by atoms with E-state index in [2.05, 4.69) is 0 Å². The molecule has 150 valence electrons. The zero-order valence-corrected chi connectivity index (χ0v) is 15.2. The Balaban J connectivity index is 1.93. The summed E-state index contributed by atoms with van der Waals surface area (Å²) in [5.74, 6) is -2.14. The third-order valence-electron chi connectivity index (χ3n) is 5.02. The van der Waals surface area contributed by atoms with Crippen molar-refractivity contribution in [1.82, 2.24) is 0 Å². The Morgan fingerprint density at radius 1 is 1.10 bits per heavy atom. The standard InChI is InChI=1S/C21H15F3O5/c1-27-19(25)14-10-28-18-13-4-2-3-5-15(13)29-20(26)17(18)16(14)11-6-8-12(9-7-11)21(22,23)24/h2-9,14,16H,10H2,1H3/t14-,16-/m1/s1. The molecule has 0 spiro atoms. The summed E-state index contributed by atoms with van der Waals surface area (Å²) in [6, 6.07) is 11.1. The molecule has 0 radical (unpaired) electrons. The highest BCUT2D eigenvalue weighted by molar-refractivity contribution is 5.86. The van der Waals surface area contributed by atoms with Crippen molar-refractivity contribution >= 4 is 16.9 Å². The maximum absolute atomic E-state index is 12.9. The zero-order valence-electron chi connectivity index (χ0n) is 15.2.